The van der Waals surface area contributed by atoms with E-state index < -0.39 is 21.2 Å². The van der Waals surface area contributed by atoms with Crippen molar-refractivity contribution in [3.8, 4) is 0 Å². The highest BCUT2D eigenvalue weighted by molar-refractivity contribution is 7.89. The minimum Gasteiger partial charge on any atom is -0.390 e. The molecule has 0 amide bonds. The molecule has 1 spiro atoms. The number of ether oxygens (including phenoxy) is 1. The minimum atomic E-state index is -3.55. The van der Waals surface area contributed by atoms with Crippen molar-refractivity contribution < 1.29 is 18.3 Å². The number of benzene rings is 1. The maximum absolute atomic E-state index is 12.8. The van der Waals surface area contributed by atoms with Gasteiger partial charge >= 0.3 is 0 Å². The van der Waals surface area contributed by atoms with E-state index in [2.05, 4.69) is 0 Å². The van der Waals surface area contributed by atoms with Gasteiger partial charge in [0.2, 0.25) is 10.0 Å². The van der Waals surface area contributed by atoms with Crippen LogP contribution >= 0.6 is 11.6 Å². The fraction of sp³-hybridized carbons (Fsp3) is 0.647. The van der Waals surface area contributed by atoms with Gasteiger partial charge in [0.1, 0.15) is 0 Å². The van der Waals surface area contributed by atoms with Crippen LogP contribution < -0.4 is 0 Å². The van der Waals surface area contributed by atoms with E-state index in [0.29, 0.717) is 50.4 Å². The number of halogens is 1. The van der Waals surface area contributed by atoms with Crippen LogP contribution in [0.3, 0.4) is 0 Å². The lowest BCUT2D eigenvalue weighted by atomic mass is 9.78. The van der Waals surface area contributed by atoms with Crippen molar-refractivity contribution in [2.24, 2.45) is 0 Å². The number of aliphatic hydroxyl groups is 1. The van der Waals surface area contributed by atoms with Gasteiger partial charge in [0.25, 0.3) is 0 Å². The first-order valence-corrected chi connectivity index (χ1v) is 10.1. The zero-order valence-corrected chi connectivity index (χ0v) is 15.7. The van der Waals surface area contributed by atoms with Crippen molar-refractivity contribution in [3.63, 3.8) is 0 Å². The largest absolute Gasteiger partial charge is 0.390 e. The summed E-state index contributed by atoms with van der Waals surface area (Å²) >= 11 is 6.08. The van der Waals surface area contributed by atoms with E-state index >= 15 is 0 Å². The minimum absolute atomic E-state index is 0.227. The Hall–Kier alpha value is -0.660. The van der Waals surface area contributed by atoms with Gasteiger partial charge in [-0.2, -0.15) is 4.31 Å². The molecule has 5 nitrogen and oxygen atoms in total. The van der Waals surface area contributed by atoms with Gasteiger partial charge in [0.15, 0.2) is 0 Å². The molecule has 2 aliphatic rings. The highest BCUT2D eigenvalue weighted by atomic mass is 35.5. The summed E-state index contributed by atoms with van der Waals surface area (Å²) in [5.41, 5.74) is -0.284. The zero-order chi connectivity index (χ0) is 17.6. The van der Waals surface area contributed by atoms with Crippen LogP contribution in [-0.4, -0.2) is 48.7 Å². The molecule has 0 aromatic heterocycles. The number of rotatable bonds is 2. The summed E-state index contributed by atoms with van der Waals surface area (Å²) in [5.74, 6) is 0. The number of nitrogens with zero attached hydrogens (tertiary/aromatic N) is 1. The summed E-state index contributed by atoms with van der Waals surface area (Å²) < 4.78 is 33.1. The summed E-state index contributed by atoms with van der Waals surface area (Å²) in [6.07, 6.45) is 2.38. The van der Waals surface area contributed by atoms with Gasteiger partial charge in [-0.3, -0.25) is 0 Å². The number of hydrogen-bond acceptors (Lipinski definition) is 4. The third kappa shape index (κ3) is 3.48. The maximum Gasteiger partial charge on any atom is 0.243 e. The highest BCUT2D eigenvalue weighted by Crippen LogP contribution is 2.40. The normalized spacial score (nSPS) is 28.2. The molecule has 2 fully saturated rings. The Balaban J connectivity index is 1.75. The maximum atomic E-state index is 12.8. The van der Waals surface area contributed by atoms with Crippen LogP contribution in [0.2, 0.25) is 5.02 Å². The first kappa shape index (κ1) is 18.1. The number of piperidine rings is 1. The summed E-state index contributed by atoms with van der Waals surface area (Å²) in [7, 11) is -3.55. The van der Waals surface area contributed by atoms with Gasteiger partial charge in [0, 0.05) is 24.5 Å². The molecule has 1 N–H and O–H groups in total. The standard InChI is InChI=1S/C17H24ClNO4S/c1-13-3-4-14(11-15(13)18)24(21,22)19-8-5-17(6-9-19)12-16(2,20)7-10-23-17/h3-4,11,20H,5-10,12H2,1-2H3. The summed E-state index contributed by atoms with van der Waals surface area (Å²) in [4.78, 5) is 0.227. The molecule has 0 bridgehead atoms. The average molecular weight is 374 g/mol. The monoisotopic (exact) mass is 373 g/mol. The van der Waals surface area contributed by atoms with E-state index in [1.165, 1.54) is 10.4 Å². The molecule has 24 heavy (non-hydrogen) atoms. The zero-order valence-electron chi connectivity index (χ0n) is 14.1. The van der Waals surface area contributed by atoms with Gasteiger partial charge in [-0.25, -0.2) is 8.42 Å². The molecule has 134 valence electrons. The van der Waals surface area contributed by atoms with Crippen molar-refractivity contribution in [1.82, 2.24) is 4.31 Å². The first-order chi connectivity index (χ1) is 11.1. The smallest absolute Gasteiger partial charge is 0.243 e. The van der Waals surface area contributed by atoms with Gasteiger partial charge in [0.05, 0.1) is 22.7 Å². The molecule has 3 rings (SSSR count). The third-order valence-electron chi connectivity index (χ3n) is 5.17. The molecule has 1 aromatic carbocycles. The number of sulfonamides is 1. The molecule has 2 saturated heterocycles. The molecule has 0 saturated carbocycles. The lowest BCUT2D eigenvalue weighted by Crippen LogP contribution is -2.54. The Bertz CT molecular complexity index is 724. The predicted octanol–water partition coefficient (Wildman–Crippen LogP) is 2.73. The lowest BCUT2D eigenvalue weighted by Gasteiger charge is -2.47. The van der Waals surface area contributed by atoms with E-state index in [1.54, 1.807) is 12.1 Å². The third-order valence-corrected chi connectivity index (χ3v) is 7.47. The Morgan fingerprint density at radius 1 is 1.25 bits per heavy atom. The molecule has 2 heterocycles. The van der Waals surface area contributed by atoms with E-state index in [4.69, 9.17) is 16.3 Å². The van der Waals surface area contributed by atoms with Crippen LogP contribution in [0.25, 0.3) is 0 Å². The summed E-state index contributed by atoms with van der Waals surface area (Å²) in [6, 6.07) is 4.84. The van der Waals surface area contributed by atoms with Crippen molar-refractivity contribution in [2.45, 2.75) is 55.6 Å². The van der Waals surface area contributed by atoms with Crippen molar-refractivity contribution in [3.05, 3.63) is 28.8 Å². The fourth-order valence-electron chi connectivity index (χ4n) is 3.66. The van der Waals surface area contributed by atoms with E-state index in [1.807, 2.05) is 13.8 Å². The van der Waals surface area contributed by atoms with Gasteiger partial charge in [-0.15, -0.1) is 0 Å². The molecule has 0 aliphatic carbocycles. The first-order valence-electron chi connectivity index (χ1n) is 8.26. The van der Waals surface area contributed by atoms with Crippen LogP contribution in [-0.2, 0) is 14.8 Å². The van der Waals surface area contributed by atoms with E-state index in [-0.39, 0.29) is 4.90 Å². The highest BCUT2D eigenvalue weighted by Gasteiger charge is 2.46. The van der Waals surface area contributed by atoms with Gasteiger partial charge in [-0.1, -0.05) is 17.7 Å². The SMILES string of the molecule is Cc1ccc(S(=O)(=O)N2CCC3(CC2)CC(C)(O)CCO3)cc1Cl. The predicted molar refractivity (Wildman–Crippen MR) is 92.7 cm³/mol. The van der Waals surface area contributed by atoms with Crippen molar-refractivity contribution in [2.75, 3.05) is 19.7 Å². The topological polar surface area (TPSA) is 66.8 Å². The fourth-order valence-corrected chi connectivity index (χ4v) is 5.37. The van der Waals surface area contributed by atoms with Gasteiger partial charge in [-0.05, 0) is 50.8 Å². The Morgan fingerprint density at radius 2 is 1.92 bits per heavy atom. The second kappa shape index (κ2) is 6.25. The second-order valence-electron chi connectivity index (χ2n) is 7.27. The average Bonchev–Trinajstić information content (AvgIpc) is 2.49. The molecular weight excluding hydrogens is 350 g/mol. The van der Waals surface area contributed by atoms with Crippen molar-refractivity contribution >= 4 is 21.6 Å². The molecule has 2 aliphatic heterocycles. The molecule has 0 radical (unpaired) electrons. The van der Waals surface area contributed by atoms with Crippen LogP contribution in [0, 0.1) is 6.92 Å². The second-order valence-corrected chi connectivity index (χ2v) is 9.62. The number of hydrogen-bond donors (Lipinski definition) is 1. The lowest BCUT2D eigenvalue weighted by molar-refractivity contribution is -0.168. The van der Waals surface area contributed by atoms with Gasteiger partial charge < -0.3 is 9.84 Å². The molecule has 7 heteroatoms. The molecule has 1 unspecified atom stereocenters. The van der Waals surface area contributed by atoms with Crippen LogP contribution in [0.15, 0.2) is 23.1 Å². The van der Waals surface area contributed by atoms with Crippen LogP contribution in [0.4, 0.5) is 0 Å². The Morgan fingerprint density at radius 3 is 2.50 bits per heavy atom. The molecular formula is C17H24ClNO4S. The van der Waals surface area contributed by atoms with E-state index in [0.717, 1.165) is 5.56 Å². The van der Waals surface area contributed by atoms with E-state index in [9.17, 15) is 13.5 Å². The quantitative estimate of drug-likeness (QED) is 0.865. The van der Waals surface area contributed by atoms with Crippen molar-refractivity contribution in [1.29, 1.82) is 0 Å². The van der Waals surface area contributed by atoms with Crippen LogP contribution in [0.5, 0.6) is 0 Å². The number of aryl methyl sites for hydroxylation is 1. The molecule has 1 aromatic rings. The van der Waals surface area contributed by atoms with Crippen LogP contribution in [0.1, 0.15) is 38.2 Å². The molecule has 1 atom stereocenters. The summed E-state index contributed by atoms with van der Waals surface area (Å²) in [6.45, 7) is 4.98. The Kier molecular flexibility index (Phi) is 4.73. The summed E-state index contributed by atoms with van der Waals surface area (Å²) in [5, 5.41) is 10.8. The Labute approximate surface area is 148 Å².